The lowest BCUT2D eigenvalue weighted by molar-refractivity contribution is -0.146. The molecule has 0 atom stereocenters. The number of fused-ring (bicyclic) bond motifs is 1. The van der Waals surface area contributed by atoms with Crippen LogP contribution in [0, 0.1) is 0 Å². The number of rotatable bonds is 5. The fourth-order valence-corrected chi connectivity index (χ4v) is 2.80. The van der Waals surface area contributed by atoms with Gasteiger partial charge in [0.15, 0.2) is 0 Å². The smallest absolute Gasteiger partial charge is 0.215 e. The average Bonchev–Trinajstić information content (AvgIpc) is 2.86. The molecule has 0 saturated heterocycles. The minimum Gasteiger partial charge on any atom is -0.215 e. The van der Waals surface area contributed by atoms with Crippen LogP contribution in [0.5, 0.6) is 0 Å². The Kier molecular flexibility index (Phi) is 3.97. The summed E-state index contributed by atoms with van der Waals surface area (Å²) in [4.78, 5) is 0.0191. The van der Waals surface area contributed by atoms with Crippen LogP contribution in [0.15, 0.2) is 0 Å². The molecule has 0 saturated carbocycles. The molecule has 0 aromatic carbocycles. The molecule has 0 aliphatic heterocycles. The molecular formula is C8H10F3N5O2S2. The Bertz CT molecular complexity index is 705. The molecule has 0 amide bonds. The molecular weight excluding hydrogens is 319 g/mol. The lowest BCUT2D eigenvalue weighted by atomic mass is 10.5. The van der Waals surface area contributed by atoms with Crippen LogP contribution in [0.2, 0.25) is 0 Å². The molecule has 2 aromatic rings. The fraction of sp³-hybridized carbons (Fsp3) is 0.625. The van der Waals surface area contributed by atoms with E-state index in [0.717, 1.165) is 11.3 Å². The number of nitrogens with one attached hydrogen (secondary N) is 1. The van der Waals surface area contributed by atoms with Crippen molar-refractivity contribution in [1.82, 2.24) is 24.5 Å². The SMILES string of the molecule is CCS(=O)(=O)NCCc1nn2c(C(F)(F)F)nnc2s1. The molecule has 0 radical (unpaired) electrons. The van der Waals surface area contributed by atoms with Crippen molar-refractivity contribution in [1.29, 1.82) is 0 Å². The largest absolute Gasteiger partial charge is 0.453 e. The standard InChI is InChI=1S/C8H10F3N5O2S2/c1-2-20(17,18)12-4-3-5-15-16-6(8(9,10)11)13-14-7(16)19-5/h12H,2-4H2,1H3. The van der Waals surface area contributed by atoms with Gasteiger partial charge in [0, 0.05) is 13.0 Å². The summed E-state index contributed by atoms with van der Waals surface area (Å²) in [6, 6.07) is 0. The van der Waals surface area contributed by atoms with Crippen molar-refractivity contribution in [3.63, 3.8) is 0 Å². The van der Waals surface area contributed by atoms with Crippen molar-refractivity contribution in [3.8, 4) is 0 Å². The molecule has 12 heteroatoms. The van der Waals surface area contributed by atoms with Gasteiger partial charge in [-0.25, -0.2) is 13.1 Å². The molecule has 2 rings (SSSR count). The topological polar surface area (TPSA) is 89.2 Å². The first-order valence-corrected chi connectivity index (χ1v) is 7.95. The highest BCUT2D eigenvalue weighted by Crippen LogP contribution is 2.28. The third-order valence-corrected chi connectivity index (χ3v) is 4.69. The summed E-state index contributed by atoms with van der Waals surface area (Å²) in [5.41, 5.74) is 0. The Morgan fingerprint density at radius 3 is 2.65 bits per heavy atom. The molecule has 2 heterocycles. The Labute approximate surface area is 115 Å². The van der Waals surface area contributed by atoms with E-state index in [1.54, 1.807) is 0 Å². The lowest BCUT2D eigenvalue weighted by Crippen LogP contribution is -2.27. The van der Waals surface area contributed by atoms with Crippen molar-refractivity contribution >= 4 is 26.3 Å². The van der Waals surface area contributed by atoms with Crippen LogP contribution < -0.4 is 4.72 Å². The van der Waals surface area contributed by atoms with Gasteiger partial charge in [-0.1, -0.05) is 11.3 Å². The molecule has 112 valence electrons. The molecule has 7 nitrogen and oxygen atoms in total. The number of hydrogen-bond donors (Lipinski definition) is 1. The van der Waals surface area contributed by atoms with Gasteiger partial charge in [-0.2, -0.15) is 22.8 Å². The minimum atomic E-state index is -4.63. The maximum atomic E-state index is 12.6. The van der Waals surface area contributed by atoms with Gasteiger partial charge in [-0.15, -0.1) is 10.2 Å². The first kappa shape index (κ1) is 15.1. The van der Waals surface area contributed by atoms with Gasteiger partial charge in [-0.05, 0) is 6.92 Å². The van der Waals surface area contributed by atoms with Crippen LogP contribution in [0.25, 0.3) is 4.96 Å². The van der Waals surface area contributed by atoms with Gasteiger partial charge in [0.1, 0.15) is 5.01 Å². The molecule has 0 fully saturated rings. The van der Waals surface area contributed by atoms with E-state index in [9.17, 15) is 21.6 Å². The van der Waals surface area contributed by atoms with Gasteiger partial charge >= 0.3 is 6.18 Å². The number of alkyl halides is 3. The molecule has 1 N–H and O–H groups in total. The molecule has 0 aliphatic carbocycles. The van der Waals surface area contributed by atoms with E-state index in [-0.39, 0.29) is 23.7 Å². The fourth-order valence-electron chi connectivity index (χ4n) is 1.35. The van der Waals surface area contributed by atoms with Gasteiger partial charge in [0.05, 0.1) is 5.75 Å². The molecule has 0 spiro atoms. The monoisotopic (exact) mass is 329 g/mol. The summed E-state index contributed by atoms with van der Waals surface area (Å²) in [5.74, 6) is -1.25. The highest BCUT2D eigenvalue weighted by Gasteiger charge is 2.38. The zero-order valence-corrected chi connectivity index (χ0v) is 11.8. The number of nitrogens with zero attached hydrogens (tertiary/aromatic N) is 4. The van der Waals surface area contributed by atoms with Gasteiger partial charge in [0.2, 0.25) is 15.0 Å². The van der Waals surface area contributed by atoms with Crippen LogP contribution in [-0.2, 0) is 22.6 Å². The number of sulfonamides is 1. The van der Waals surface area contributed by atoms with Crippen LogP contribution in [0.1, 0.15) is 17.8 Å². The number of aromatic nitrogens is 4. The van der Waals surface area contributed by atoms with Crippen molar-refractivity contribution in [2.45, 2.75) is 19.5 Å². The Hall–Kier alpha value is -1.27. The Balaban J connectivity index is 2.11. The van der Waals surface area contributed by atoms with E-state index >= 15 is 0 Å². The average molecular weight is 329 g/mol. The highest BCUT2D eigenvalue weighted by atomic mass is 32.2. The van der Waals surface area contributed by atoms with E-state index in [1.165, 1.54) is 6.92 Å². The second-order valence-corrected chi connectivity index (χ2v) is 6.90. The third-order valence-electron chi connectivity index (χ3n) is 2.33. The first-order valence-electron chi connectivity index (χ1n) is 5.48. The summed E-state index contributed by atoms with van der Waals surface area (Å²) in [6.07, 6.45) is -4.45. The van der Waals surface area contributed by atoms with Gasteiger partial charge in [-0.3, -0.25) is 0 Å². The third kappa shape index (κ3) is 3.24. The lowest BCUT2D eigenvalue weighted by Gasteiger charge is -2.02. The van der Waals surface area contributed by atoms with E-state index in [1.807, 2.05) is 0 Å². The predicted octanol–water partition coefficient (Wildman–Crippen LogP) is 0.686. The van der Waals surface area contributed by atoms with Gasteiger partial charge < -0.3 is 0 Å². The zero-order valence-electron chi connectivity index (χ0n) is 10.2. The number of halogens is 3. The Morgan fingerprint density at radius 1 is 1.35 bits per heavy atom. The van der Waals surface area contributed by atoms with Crippen molar-refractivity contribution < 1.29 is 21.6 Å². The van der Waals surface area contributed by atoms with Crippen LogP contribution in [0.3, 0.4) is 0 Å². The summed E-state index contributed by atoms with van der Waals surface area (Å²) >= 11 is 0.936. The summed E-state index contributed by atoms with van der Waals surface area (Å²) in [6.45, 7) is 1.56. The molecule has 20 heavy (non-hydrogen) atoms. The van der Waals surface area contributed by atoms with E-state index in [4.69, 9.17) is 0 Å². The van der Waals surface area contributed by atoms with Crippen LogP contribution in [0.4, 0.5) is 13.2 Å². The van der Waals surface area contributed by atoms with E-state index < -0.39 is 22.0 Å². The predicted molar refractivity (Wildman–Crippen MR) is 64.8 cm³/mol. The van der Waals surface area contributed by atoms with Crippen molar-refractivity contribution in [2.24, 2.45) is 0 Å². The van der Waals surface area contributed by atoms with Crippen molar-refractivity contribution in [3.05, 3.63) is 10.8 Å². The molecule has 2 aromatic heterocycles. The first-order chi connectivity index (χ1) is 9.23. The summed E-state index contributed by atoms with van der Waals surface area (Å²) < 4.78 is 63.0. The molecule has 0 bridgehead atoms. The molecule has 0 unspecified atom stereocenters. The van der Waals surface area contributed by atoms with Crippen molar-refractivity contribution in [2.75, 3.05) is 12.3 Å². The summed E-state index contributed by atoms with van der Waals surface area (Å²) in [5, 5.41) is 10.5. The van der Waals surface area contributed by atoms with Crippen LogP contribution >= 0.6 is 11.3 Å². The second kappa shape index (κ2) is 5.26. The maximum Gasteiger partial charge on any atom is 0.453 e. The molecule has 0 aliphatic rings. The van der Waals surface area contributed by atoms with E-state index in [2.05, 4.69) is 20.0 Å². The van der Waals surface area contributed by atoms with E-state index in [0.29, 0.717) is 9.52 Å². The minimum absolute atomic E-state index is 0.0191. The number of hydrogen-bond acceptors (Lipinski definition) is 6. The highest BCUT2D eigenvalue weighted by molar-refractivity contribution is 7.89. The Morgan fingerprint density at radius 2 is 2.05 bits per heavy atom. The second-order valence-electron chi connectivity index (χ2n) is 3.76. The normalized spacial score (nSPS) is 13.2. The maximum absolute atomic E-state index is 12.6. The van der Waals surface area contributed by atoms with Gasteiger partial charge in [0.25, 0.3) is 5.82 Å². The quantitative estimate of drug-likeness (QED) is 0.871. The van der Waals surface area contributed by atoms with Crippen LogP contribution in [-0.4, -0.2) is 40.5 Å². The summed E-state index contributed by atoms with van der Waals surface area (Å²) in [7, 11) is -3.33. The zero-order chi connectivity index (χ0) is 15.0.